The summed E-state index contributed by atoms with van der Waals surface area (Å²) >= 11 is 0. The van der Waals surface area contributed by atoms with Crippen LogP contribution in [0.15, 0.2) is 29.4 Å². The summed E-state index contributed by atoms with van der Waals surface area (Å²) in [7, 11) is 0. The van der Waals surface area contributed by atoms with E-state index in [4.69, 9.17) is 0 Å². The maximum atomic E-state index is 10.1. The minimum Gasteiger partial charge on any atom is -0.233 e. The second kappa shape index (κ2) is 2.47. The van der Waals surface area contributed by atoms with Gasteiger partial charge in [-0.05, 0) is 13.0 Å². The van der Waals surface area contributed by atoms with Gasteiger partial charge in [0.05, 0.1) is 0 Å². The zero-order chi connectivity index (χ0) is 6.69. The Morgan fingerprint density at radius 2 is 2.44 bits per heavy atom. The normalized spacial score (nSPS) is 17.0. The van der Waals surface area contributed by atoms with E-state index in [0.29, 0.717) is 0 Å². The summed E-state index contributed by atoms with van der Waals surface area (Å²) in [5.74, 6) is 1.87. The lowest BCUT2D eigenvalue weighted by molar-refractivity contribution is 0.567. The van der Waals surface area contributed by atoms with Gasteiger partial charge < -0.3 is 0 Å². The molecule has 0 fully saturated rings. The largest absolute Gasteiger partial charge is 0.233 e. The molecule has 46 valence electrons. The van der Waals surface area contributed by atoms with Crippen LogP contribution in [0.3, 0.4) is 0 Å². The summed E-state index contributed by atoms with van der Waals surface area (Å²) in [5.41, 5.74) is 1.96. The van der Waals surface area contributed by atoms with Crippen LogP contribution in [-0.2, 0) is 4.79 Å². The Morgan fingerprint density at radius 3 is 2.89 bits per heavy atom. The van der Waals surface area contributed by atoms with Gasteiger partial charge >= 0.3 is 0 Å². The summed E-state index contributed by atoms with van der Waals surface area (Å²) in [4.78, 5) is 10.1. The van der Waals surface area contributed by atoms with E-state index in [1.165, 1.54) is 5.57 Å². The van der Waals surface area contributed by atoms with E-state index in [1.807, 2.05) is 25.0 Å². The third kappa shape index (κ3) is 1.41. The second-order valence-electron chi connectivity index (χ2n) is 2.18. The van der Waals surface area contributed by atoms with Crippen LogP contribution in [0.5, 0.6) is 0 Å². The first-order valence-corrected chi connectivity index (χ1v) is 2.91. The molecule has 0 aliphatic heterocycles. The zero-order valence-corrected chi connectivity index (χ0v) is 5.35. The second-order valence-corrected chi connectivity index (χ2v) is 2.18. The molecule has 0 N–H and O–H groups in total. The fourth-order valence-electron chi connectivity index (χ4n) is 0.817. The highest BCUT2D eigenvalue weighted by atomic mass is 16.1. The third-order valence-electron chi connectivity index (χ3n) is 1.28. The average molecular weight is 120 g/mol. The van der Waals surface area contributed by atoms with Crippen LogP contribution in [0.4, 0.5) is 0 Å². The first-order chi connectivity index (χ1) is 4.33. The van der Waals surface area contributed by atoms with Gasteiger partial charge in [0.2, 0.25) is 0 Å². The summed E-state index contributed by atoms with van der Waals surface area (Å²) in [6, 6.07) is 0. The molecule has 0 saturated heterocycles. The van der Waals surface area contributed by atoms with Gasteiger partial charge in [0.15, 0.2) is 0 Å². The molecule has 1 heteroatoms. The van der Waals surface area contributed by atoms with Crippen molar-refractivity contribution >= 4 is 5.94 Å². The van der Waals surface area contributed by atoms with Crippen molar-refractivity contribution in [2.45, 2.75) is 13.3 Å². The molecule has 0 saturated carbocycles. The summed E-state index contributed by atoms with van der Waals surface area (Å²) in [6.45, 7) is 2.00. The lowest BCUT2D eigenvalue weighted by atomic mass is 10.0. The van der Waals surface area contributed by atoms with Crippen LogP contribution in [0.25, 0.3) is 0 Å². The lowest BCUT2D eigenvalue weighted by Crippen LogP contribution is -1.86. The molecule has 0 spiro atoms. The van der Waals surface area contributed by atoms with Crippen molar-refractivity contribution in [3.63, 3.8) is 0 Å². The van der Waals surface area contributed by atoms with Crippen molar-refractivity contribution in [3.05, 3.63) is 29.4 Å². The number of hydrogen-bond donors (Lipinski definition) is 0. The first-order valence-electron chi connectivity index (χ1n) is 2.91. The van der Waals surface area contributed by atoms with E-state index in [-0.39, 0.29) is 0 Å². The van der Waals surface area contributed by atoms with Crippen LogP contribution < -0.4 is 0 Å². The van der Waals surface area contributed by atoms with Gasteiger partial charge in [-0.1, -0.05) is 17.7 Å². The Hall–Kier alpha value is -1.07. The predicted octanol–water partition coefficient (Wildman–Crippen LogP) is 1.65. The minimum atomic E-state index is 0.745. The fraction of sp³-hybridized carbons (Fsp3) is 0.250. The van der Waals surface area contributed by atoms with Crippen molar-refractivity contribution in [2.24, 2.45) is 0 Å². The highest BCUT2D eigenvalue weighted by Crippen LogP contribution is 2.13. The number of hydrogen-bond acceptors (Lipinski definition) is 1. The predicted molar refractivity (Wildman–Crippen MR) is 36.7 cm³/mol. The molecular formula is C8H8O. The Kier molecular flexibility index (Phi) is 1.66. The standard InChI is InChI=1S/C8H8O/c1-7-3-2-4-8(5-7)6-9/h2-4H,5H2,1H3. The third-order valence-corrected chi connectivity index (χ3v) is 1.28. The lowest BCUT2D eigenvalue weighted by Gasteiger charge is -2.01. The van der Waals surface area contributed by atoms with Gasteiger partial charge in [-0.25, -0.2) is 4.79 Å². The number of rotatable bonds is 0. The quantitative estimate of drug-likeness (QED) is 0.444. The van der Waals surface area contributed by atoms with Crippen molar-refractivity contribution in [3.8, 4) is 0 Å². The molecule has 1 rings (SSSR count). The van der Waals surface area contributed by atoms with Crippen LogP contribution in [-0.4, -0.2) is 5.94 Å². The molecule has 9 heavy (non-hydrogen) atoms. The molecule has 0 heterocycles. The molecule has 0 bridgehead atoms. The molecule has 0 aromatic rings. The number of allylic oxidation sites excluding steroid dienone is 5. The van der Waals surface area contributed by atoms with Gasteiger partial charge in [-0.15, -0.1) is 0 Å². The topological polar surface area (TPSA) is 17.1 Å². The van der Waals surface area contributed by atoms with Crippen LogP contribution in [0.1, 0.15) is 13.3 Å². The highest BCUT2D eigenvalue weighted by Gasteiger charge is 1.98. The highest BCUT2D eigenvalue weighted by molar-refractivity contribution is 5.59. The SMILES string of the molecule is CC1=CC=CC(=C=O)C1. The Bertz CT molecular complexity index is 215. The van der Waals surface area contributed by atoms with Gasteiger partial charge in [0.25, 0.3) is 0 Å². The van der Waals surface area contributed by atoms with Crippen molar-refractivity contribution in [2.75, 3.05) is 0 Å². The van der Waals surface area contributed by atoms with Crippen molar-refractivity contribution in [1.82, 2.24) is 0 Å². The van der Waals surface area contributed by atoms with E-state index in [9.17, 15) is 4.79 Å². The van der Waals surface area contributed by atoms with E-state index in [2.05, 4.69) is 0 Å². The summed E-state index contributed by atoms with van der Waals surface area (Å²) in [6.07, 6.45) is 6.43. The van der Waals surface area contributed by atoms with Crippen LogP contribution >= 0.6 is 0 Å². The summed E-state index contributed by atoms with van der Waals surface area (Å²) < 4.78 is 0. The maximum Gasteiger partial charge on any atom is 0.128 e. The Labute approximate surface area is 54.4 Å². The molecule has 0 aromatic carbocycles. The van der Waals surface area contributed by atoms with E-state index in [0.717, 1.165) is 12.0 Å². The van der Waals surface area contributed by atoms with Gasteiger partial charge in [0, 0.05) is 12.0 Å². The van der Waals surface area contributed by atoms with E-state index >= 15 is 0 Å². The van der Waals surface area contributed by atoms with Crippen molar-refractivity contribution < 1.29 is 4.79 Å². The smallest absolute Gasteiger partial charge is 0.128 e. The van der Waals surface area contributed by atoms with E-state index < -0.39 is 0 Å². The molecule has 0 atom stereocenters. The van der Waals surface area contributed by atoms with Crippen molar-refractivity contribution in [1.29, 1.82) is 0 Å². The van der Waals surface area contributed by atoms with Crippen LogP contribution in [0.2, 0.25) is 0 Å². The molecule has 0 unspecified atom stereocenters. The molecular weight excluding hydrogens is 112 g/mol. The van der Waals surface area contributed by atoms with Gasteiger partial charge in [-0.3, -0.25) is 0 Å². The molecule has 1 aliphatic rings. The monoisotopic (exact) mass is 120 g/mol. The molecule has 0 aromatic heterocycles. The Morgan fingerprint density at radius 1 is 1.67 bits per heavy atom. The zero-order valence-electron chi connectivity index (χ0n) is 5.35. The molecule has 0 radical (unpaired) electrons. The average Bonchev–Trinajstić information content (AvgIpc) is 1.88. The molecule has 1 aliphatic carbocycles. The van der Waals surface area contributed by atoms with Crippen LogP contribution in [0, 0.1) is 0 Å². The Balaban J connectivity index is 2.85. The fourth-order valence-corrected chi connectivity index (χ4v) is 0.817. The first kappa shape index (κ1) is 6.06. The number of carbonyl (C=O) groups excluding carboxylic acids is 1. The molecule has 1 nitrogen and oxygen atoms in total. The molecule has 0 amide bonds. The minimum absolute atomic E-state index is 0.745. The maximum absolute atomic E-state index is 10.1. The summed E-state index contributed by atoms with van der Waals surface area (Å²) in [5, 5.41) is 0. The van der Waals surface area contributed by atoms with Gasteiger partial charge in [-0.2, -0.15) is 0 Å². The van der Waals surface area contributed by atoms with Gasteiger partial charge in [0.1, 0.15) is 5.94 Å². The van der Waals surface area contributed by atoms with E-state index in [1.54, 1.807) is 6.08 Å².